The van der Waals surface area contributed by atoms with Gasteiger partial charge in [0.25, 0.3) is 0 Å². The van der Waals surface area contributed by atoms with E-state index in [0.717, 1.165) is 38.5 Å². The predicted molar refractivity (Wildman–Crippen MR) is 74.5 cm³/mol. The van der Waals surface area contributed by atoms with Gasteiger partial charge in [-0.3, -0.25) is 4.79 Å². The standard InChI is InChI=1S/C15H24O6/c16-10-13(18)20-11-14(19)21-15(12-17)8-6-4-2-1-3-5-7-9-15/h12,16H,1-11H2. The summed E-state index contributed by atoms with van der Waals surface area (Å²) in [7, 11) is 0. The van der Waals surface area contributed by atoms with Crippen LogP contribution in [0.3, 0.4) is 0 Å². The number of hydrogen-bond acceptors (Lipinski definition) is 6. The van der Waals surface area contributed by atoms with Gasteiger partial charge in [0.2, 0.25) is 0 Å². The highest BCUT2D eigenvalue weighted by molar-refractivity contribution is 5.79. The van der Waals surface area contributed by atoms with Gasteiger partial charge in [0.15, 0.2) is 18.5 Å². The average Bonchev–Trinajstić information content (AvgIpc) is 2.51. The van der Waals surface area contributed by atoms with Crippen LogP contribution in [-0.2, 0) is 23.9 Å². The van der Waals surface area contributed by atoms with Crippen LogP contribution < -0.4 is 0 Å². The van der Waals surface area contributed by atoms with Crippen molar-refractivity contribution in [1.82, 2.24) is 0 Å². The molecule has 120 valence electrons. The summed E-state index contributed by atoms with van der Waals surface area (Å²) in [6, 6.07) is 0. The maximum absolute atomic E-state index is 11.7. The maximum atomic E-state index is 11.7. The van der Waals surface area contributed by atoms with Crippen molar-refractivity contribution in [3.8, 4) is 0 Å². The van der Waals surface area contributed by atoms with Crippen LogP contribution in [0.1, 0.15) is 57.8 Å². The van der Waals surface area contributed by atoms with E-state index in [1.165, 1.54) is 6.42 Å². The second-order valence-electron chi connectivity index (χ2n) is 5.45. The minimum Gasteiger partial charge on any atom is -0.452 e. The molecule has 0 unspecified atom stereocenters. The largest absolute Gasteiger partial charge is 0.452 e. The van der Waals surface area contributed by atoms with Crippen molar-refractivity contribution in [3.05, 3.63) is 0 Å². The molecule has 1 rings (SSSR count). The number of carbonyl (C=O) groups excluding carboxylic acids is 3. The lowest BCUT2D eigenvalue weighted by Gasteiger charge is -2.29. The van der Waals surface area contributed by atoms with E-state index in [-0.39, 0.29) is 0 Å². The highest BCUT2D eigenvalue weighted by Crippen LogP contribution is 2.27. The molecule has 1 N–H and O–H groups in total. The first-order valence-corrected chi connectivity index (χ1v) is 7.56. The van der Waals surface area contributed by atoms with E-state index in [4.69, 9.17) is 9.84 Å². The molecular weight excluding hydrogens is 276 g/mol. The summed E-state index contributed by atoms with van der Waals surface area (Å²) in [4.78, 5) is 34.0. The van der Waals surface area contributed by atoms with Gasteiger partial charge in [-0.1, -0.05) is 32.1 Å². The van der Waals surface area contributed by atoms with Crippen molar-refractivity contribution in [2.75, 3.05) is 13.2 Å². The third kappa shape index (κ3) is 6.71. The predicted octanol–water partition coefficient (Wildman–Crippen LogP) is 1.53. The first-order chi connectivity index (χ1) is 10.1. The summed E-state index contributed by atoms with van der Waals surface area (Å²) in [6.07, 6.45) is 8.93. The zero-order chi connectivity index (χ0) is 15.6. The van der Waals surface area contributed by atoms with Crippen LogP contribution in [-0.4, -0.2) is 42.1 Å². The Balaban J connectivity index is 2.55. The number of aldehydes is 1. The molecule has 1 aliphatic rings. The van der Waals surface area contributed by atoms with Crippen LogP contribution in [0.25, 0.3) is 0 Å². The molecule has 0 saturated heterocycles. The van der Waals surface area contributed by atoms with Gasteiger partial charge in [0.05, 0.1) is 0 Å². The Hall–Kier alpha value is -1.43. The molecule has 0 radical (unpaired) electrons. The summed E-state index contributed by atoms with van der Waals surface area (Å²) < 4.78 is 9.79. The van der Waals surface area contributed by atoms with Crippen LogP contribution in [0, 0.1) is 0 Å². The van der Waals surface area contributed by atoms with Gasteiger partial charge in [-0.15, -0.1) is 0 Å². The molecule has 1 aliphatic carbocycles. The molecule has 0 bridgehead atoms. The molecule has 0 amide bonds. The smallest absolute Gasteiger partial charge is 0.345 e. The van der Waals surface area contributed by atoms with Crippen molar-refractivity contribution in [1.29, 1.82) is 0 Å². The van der Waals surface area contributed by atoms with E-state index in [1.54, 1.807) is 0 Å². The lowest BCUT2D eigenvalue weighted by molar-refractivity contribution is -0.173. The number of carbonyl (C=O) groups is 3. The van der Waals surface area contributed by atoms with E-state index in [2.05, 4.69) is 4.74 Å². The minimum atomic E-state index is -1.10. The molecule has 0 atom stereocenters. The van der Waals surface area contributed by atoms with Gasteiger partial charge >= 0.3 is 11.9 Å². The van der Waals surface area contributed by atoms with E-state index in [0.29, 0.717) is 19.1 Å². The summed E-state index contributed by atoms with van der Waals surface area (Å²) in [5.41, 5.74) is -1.10. The van der Waals surface area contributed by atoms with Crippen molar-refractivity contribution in [3.63, 3.8) is 0 Å². The Morgan fingerprint density at radius 1 is 0.952 bits per heavy atom. The zero-order valence-corrected chi connectivity index (χ0v) is 12.3. The first kappa shape index (κ1) is 17.6. The molecule has 0 spiro atoms. The topological polar surface area (TPSA) is 89.9 Å². The van der Waals surface area contributed by atoms with Gasteiger partial charge in [-0.25, -0.2) is 9.59 Å². The number of aliphatic hydroxyl groups excluding tert-OH is 1. The highest BCUT2D eigenvalue weighted by Gasteiger charge is 2.33. The summed E-state index contributed by atoms with van der Waals surface area (Å²) in [6.45, 7) is -1.36. The van der Waals surface area contributed by atoms with Crippen LogP contribution in [0.4, 0.5) is 0 Å². The minimum absolute atomic E-state index is 0.510. The summed E-state index contributed by atoms with van der Waals surface area (Å²) in [5, 5.41) is 8.51. The van der Waals surface area contributed by atoms with Gasteiger partial charge < -0.3 is 14.6 Å². The van der Waals surface area contributed by atoms with Crippen LogP contribution in [0.5, 0.6) is 0 Å². The molecule has 0 aromatic rings. The SMILES string of the molecule is O=CC1(OC(=O)COC(=O)CO)CCCCCCCCC1. The van der Waals surface area contributed by atoms with E-state index < -0.39 is 30.8 Å². The second kappa shape index (κ2) is 9.50. The normalized spacial score (nSPS) is 19.3. The monoisotopic (exact) mass is 300 g/mol. The van der Waals surface area contributed by atoms with Crippen LogP contribution in [0.15, 0.2) is 0 Å². The van der Waals surface area contributed by atoms with Crippen molar-refractivity contribution in [2.24, 2.45) is 0 Å². The quantitative estimate of drug-likeness (QED) is 0.611. The van der Waals surface area contributed by atoms with Crippen molar-refractivity contribution < 1.29 is 29.0 Å². The van der Waals surface area contributed by atoms with Crippen molar-refractivity contribution >= 4 is 18.2 Å². The molecular formula is C15H24O6. The Kier molecular flexibility index (Phi) is 7.97. The molecule has 0 aromatic heterocycles. The van der Waals surface area contributed by atoms with Crippen LogP contribution >= 0.6 is 0 Å². The Morgan fingerprint density at radius 3 is 1.95 bits per heavy atom. The third-order valence-electron chi connectivity index (χ3n) is 3.71. The van der Waals surface area contributed by atoms with Gasteiger partial charge in [0, 0.05) is 0 Å². The number of hydrogen-bond donors (Lipinski definition) is 1. The fourth-order valence-corrected chi connectivity index (χ4v) is 2.54. The van der Waals surface area contributed by atoms with E-state index >= 15 is 0 Å². The van der Waals surface area contributed by atoms with Crippen LogP contribution in [0.2, 0.25) is 0 Å². The number of rotatable bonds is 5. The lowest BCUT2D eigenvalue weighted by atomic mass is 9.89. The molecule has 0 aromatic carbocycles. The molecule has 1 fully saturated rings. The van der Waals surface area contributed by atoms with Gasteiger partial charge in [0.1, 0.15) is 6.61 Å². The molecule has 21 heavy (non-hydrogen) atoms. The highest BCUT2D eigenvalue weighted by atomic mass is 16.6. The van der Waals surface area contributed by atoms with E-state index in [9.17, 15) is 14.4 Å². The number of ether oxygens (including phenoxy) is 2. The zero-order valence-electron chi connectivity index (χ0n) is 12.3. The molecule has 0 aliphatic heterocycles. The van der Waals surface area contributed by atoms with Gasteiger partial charge in [-0.2, -0.15) is 0 Å². The maximum Gasteiger partial charge on any atom is 0.345 e. The Morgan fingerprint density at radius 2 is 1.48 bits per heavy atom. The average molecular weight is 300 g/mol. The first-order valence-electron chi connectivity index (χ1n) is 7.56. The summed E-state index contributed by atoms with van der Waals surface area (Å²) >= 11 is 0. The molecule has 6 nitrogen and oxygen atoms in total. The molecule has 6 heteroatoms. The number of aliphatic hydroxyl groups is 1. The third-order valence-corrected chi connectivity index (χ3v) is 3.71. The summed E-state index contributed by atoms with van der Waals surface area (Å²) in [5.74, 6) is -1.64. The Labute approximate surface area is 124 Å². The number of esters is 2. The van der Waals surface area contributed by atoms with E-state index in [1.807, 2.05) is 0 Å². The second-order valence-corrected chi connectivity index (χ2v) is 5.45. The molecule has 1 saturated carbocycles. The molecule has 0 heterocycles. The van der Waals surface area contributed by atoms with Crippen molar-refractivity contribution in [2.45, 2.75) is 63.4 Å². The van der Waals surface area contributed by atoms with Gasteiger partial charge in [-0.05, 0) is 25.7 Å². The lowest BCUT2D eigenvalue weighted by Crippen LogP contribution is -2.38. The Bertz CT molecular complexity index is 342. The fourth-order valence-electron chi connectivity index (χ4n) is 2.54. The fraction of sp³-hybridized carbons (Fsp3) is 0.800.